The van der Waals surface area contributed by atoms with Crippen molar-refractivity contribution in [3.8, 4) is 0 Å². The Bertz CT molecular complexity index is 813. The highest BCUT2D eigenvalue weighted by Gasteiger charge is 2.33. The van der Waals surface area contributed by atoms with Gasteiger partial charge < -0.3 is 20.0 Å². The number of imide groups is 1. The standard InChI is InChI=1S/C15H17N5O4/c1-20(2)4-3-16-13(21)8-5-10-9(17-7-8)6-11(24-10)12-14(22)19-15(23)18-12/h5-7,12H,3-4H2,1-2H3,(H,16,21)(H2,18,19,22,23)/t12-/m0/s1. The van der Waals surface area contributed by atoms with Crippen molar-refractivity contribution in [1.82, 2.24) is 25.8 Å². The number of hydrogen-bond acceptors (Lipinski definition) is 6. The Labute approximate surface area is 137 Å². The molecule has 0 aliphatic carbocycles. The maximum atomic E-state index is 12.1. The van der Waals surface area contributed by atoms with Gasteiger partial charge in [-0.15, -0.1) is 0 Å². The van der Waals surface area contributed by atoms with Crippen LogP contribution in [0, 0.1) is 0 Å². The molecular formula is C15H17N5O4. The van der Waals surface area contributed by atoms with Crippen molar-refractivity contribution in [2.24, 2.45) is 0 Å². The van der Waals surface area contributed by atoms with Gasteiger partial charge in [0.25, 0.3) is 11.8 Å². The zero-order valence-electron chi connectivity index (χ0n) is 13.3. The maximum absolute atomic E-state index is 12.1. The van der Waals surface area contributed by atoms with Crippen molar-refractivity contribution >= 4 is 28.9 Å². The predicted molar refractivity (Wildman–Crippen MR) is 84.3 cm³/mol. The van der Waals surface area contributed by atoms with E-state index in [1.165, 1.54) is 6.20 Å². The number of amides is 4. The van der Waals surface area contributed by atoms with Crippen LogP contribution in [0.4, 0.5) is 4.79 Å². The fourth-order valence-electron chi connectivity index (χ4n) is 2.32. The normalized spacial score (nSPS) is 17.2. The Kier molecular flexibility index (Phi) is 4.17. The summed E-state index contributed by atoms with van der Waals surface area (Å²) in [7, 11) is 3.84. The van der Waals surface area contributed by atoms with Crippen LogP contribution in [0.25, 0.3) is 11.1 Å². The maximum Gasteiger partial charge on any atom is 0.322 e. The molecular weight excluding hydrogens is 314 g/mol. The van der Waals surface area contributed by atoms with Crippen molar-refractivity contribution in [2.75, 3.05) is 27.2 Å². The van der Waals surface area contributed by atoms with Crippen molar-refractivity contribution in [2.45, 2.75) is 6.04 Å². The molecule has 9 heteroatoms. The molecule has 4 amide bonds. The van der Waals surface area contributed by atoms with Gasteiger partial charge in [0.1, 0.15) is 11.3 Å². The highest BCUT2D eigenvalue weighted by molar-refractivity contribution is 6.04. The summed E-state index contributed by atoms with van der Waals surface area (Å²) in [6.45, 7) is 1.24. The lowest BCUT2D eigenvalue weighted by Gasteiger charge is -2.10. The number of carbonyl (C=O) groups excluding carboxylic acids is 3. The minimum Gasteiger partial charge on any atom is -0.457 e. The number of furan rings is 1. The lowest BCUT2D eigenvalue weighted by atomic mass is 10.2. The zero-order valence-corrected chi connectivity index (χ0v) is 13.3. The molecule has 126 valence electrons. The van der Waals surface area contributed by atoms with Gasteiger partial charge in [-0.25, -0.2) is 4.79 Å². The number of pyridine rings is 1. The van der Waals surface area contributed by atoms with E-state index in [2.05, 4.69) is 20.9 Å². The summed E-state index contributed by atoms with van der Waals surface area (Å²) in [4.78, 5) is 41.1. The summed E-state index contributed by atoms with van der Waals surface area (Å²) in [6, 6.07) is 1.67. The predicted octanol–water partition coefficient (Wildman–Crippen LogP) is -0.000300. The van der Waals surface area contributed by atoms with Crippen LogP contribution >= 0.6 is 0 Å². The molecule has 9 nitrogen and oxygen atoms in total. The van der Waals surface area contributed by atoms with E-state index in [9.17, 15) is 14.4 Å². The molecule has 1 aliphatic heterocycles. The average molecular weight is 331 g/mol. The molecule has 0 aromatic carbocycles. The van der Waals surface area contributed by atoms with Crippen LogP contribution in [0.3, 0.4) is 0 Å². The molecule has 0 radical (unpaired) electrons. The number of aromatic nitrogens is 1. The molecule has 3 rings (SSSR count). The Morgan fingerprint density at radius 3 is 2.83 bits per heavy atom. The first kappa shape index (κ1) is 15.9. The molecule has 0 unspecified atom stereocenters. The van der Waals surface area contributed by atoms with Gasteiger partial charge in [0.2, 0.25) is 0 Å². The second-order valence-electron chi connectivity index (χ2n) is 5.71. The first-order valence-corrected chi connectivity index (χ1v) is 7.38. The van der Waals surface area contributed by atoms with E-state index in [-0.39, 0.29) is 11.7 Å². The van der Waals surface area contributed by atoms with Crippen LogP contribution < -0.4 is 16.0 Å². The lowest BCUT2D eigenvalue weighted by Crippen LogP contribution is -2.31. The Balaban J connectivity index is 1.78. The molecule has 24 heavy (non-hydrogen) atoms. The minimum atomic E-state index is -0.885. The number of urea groups is 1. The summed E-state index contributed by atoms with van der Waals surface area (Å²) >= 11 is 0. The number of carbonyl (C=O) groups is 3. The first-order chi connectivity index (χ1) is 11.4. The van der Waals surface area contributed by atoms with Crippen LogP contribution in [0.5, 0.6) is 0 Å². The fraction of sp³-hybridized carbons (Fsp3) is 0.333. The zero-order chi connectivity index (χ0) is 17.3. The summed E-state index contributed by atoms with van der Waals surface area (Å²) in [5, 5.41) is 7.37. The average Bonchev–Trinajstić information content (AvgIpc) is 3.08. The van der Waals surface area contributed by atoms with Crippen molar-refractivity contribution in [3.05, 3.63) is 29.7 Å². The number of rotatable bonds is 5. The molecule has 3 heterocycles. The van der Waals surface area contributed by atoms with Gasteiger partial charge in [-0.2, -0.15) is 0 Å². The van der Waals surface area contributed by atoms with Crippen molar-refractivity contribution in [1.29, 1.82) is 0 Å². The van der Waals surface area contributed by atoms with Gasteiger partial charge in [0.05, 0.1) is 5.56 Å². The molecule has 0 bridgehead atoms. The van der Waals surface area contributed by atoms with Gasteiger partial charge in [-0.05, 0) is 20.2 Å². The number of fused-ring (bicyclic) bond motifs is 1. The topological polar surface area (TPSA) is 117 Å². The molecule has 0 saturated carbocycles. The summed E-state index contributed by atoms with van der Waals surface area (Å²) in [6.07, 6.45) is 1.44. The monoisotopic (exact) mass is 331 g/mol. The molecule has 2 aromatic heterocycles. The van der Waals surface area contributed by atoms with E-state index in [1.807, 2.05) is 19.0 Å². The minimum absolute atomic E-state index is 0.254. The van der Waals surface area contributed by atoms with Crippen LogP contribution in [0.15, 0.2) is 22.7 Å². The van der Waals surface area contributed by atoms with Crippen LogP contribution in [0.2, 0.25) is 0 Å². The molecule has 0 spiro atoms. The number of nitrogens with one attached hydrogen (secondary N) is 3. The molecule has 1 aliphatic rings. The molecule has 2 aromatic rings. The van der Waals surface area contributed by atoms with Gasteiger partial charge in [-0.1, -0.05) is 0 Å². The second kappa shape index (κ2) is 6.28. The molecule has 1 fully saturated rings. The quantitative estimate of drug-likeness (QED) is 0.664. The van der Waals surface area contributed by atoms with Crippen molar-refractivity contribution in [3.63, 3.8) is 0 Å². The lowest BCUT2D eigenvalue weighted by molar-refractivity contribution is -0.120. The number of nitrogens with zero attached hydrogens (tertiary/aromatic N) is 2. The van der Waals surface area contributed by atoms with E-state index in [0.29, 0.717) is 23.2 Å². The number of likely N-dealkylation sites (N-methyl/N-ethyl adjacent to an activating group) is 1. The smallest absolute Gasteiger partial charge is 0.322 e. The van der Waals surface area contributed by atoms with Crippen molar-refractivity contribution < 1.29 is 18.8 Å². The second-order valence-corrected chi connectivity index (χ2v) is 5.71. The van der Waals surface area contributed by atoms with E-state index in [1.54, 1.807) is 12.1 Å². The Morgan fingerprint density at radius 1 is 1.38 bits per heavy atom. The largest absolute Gasteiger partial charge is 0.457 e. The van der Waals surface area contributed by atoms with Crippen LogP contribution in [-0.4, -0.2) is 54.9 Å². The molecule has 3 N–H and O–H groups in total. The molecule has 1 atom stereocenters. The van der Waals surface area contributed by atoms with Crippen LogP contribution in [0.1, 0.15) is 22.2 Å². The van der Waals surface area contributed by atoms with Gasteiger partial charge in [0.15, 0.2) is 11.6 Å². The number of hydrogen-bond donors (Lipinski definition) is 3. The third-order valence-electron chi connectivity index (χ3n) is 3.55. The SMILES string of the molecule is CN(C)CCNC(=O)c1cnc2cc([C@@H]3NC(=O)NC3=O)oc2c1. The van der Waals surface area contributed by atoms with E-state index in [4.69, 9.17) is 4.42 Å². The summed E-state index contributed by atoms with van der Waals surface area (Å²) in [5.41, 5.74) is 1.24. The highest BCUT2D eigenvalue weighted by atomic mass is 16.3. The van der Waals surface area contributed by atoms with Crippen LogP contribution in [-0.2, 0) is 4.79 Å². The fourth-order valence-corrected chi connectivity index (χ4v) is 2.32. The Hall–Kier alpha value is -2.94. The summed E-state index contributed by atoms with van der Waals surface area (Å²) in [5.74, 6) is -0.470. The highest BCUT2D eigenvalue weighted by Crippen LogP contribution is 2.25. The Morgan fingerprint density at radius 2 is 2.17 bits per heavy atom. The van der Waals surface area contributed by atoms with Gasteiger partial charge in [-0.3, -0.25) is 19.9 Å². The molecule has 1 saturated heterocycles. The van der Waals surface area contributed by atoms with Gasteiger partial charge >= 0.3 is 6.03 Å². The van der Waals surface area contributed by atoms with E-state index >= 15 is 0 Å². The van der Waals surface area contributed by atoms with E-state index < -0.39 is 18.0 Å². The first-order valence-electron chi connectivity index (χ1n) is 7.38. The summed E-state index contributed by atoms with van der Waals surface area (Å²) < 4.78 is 5.58. The van der Waals surface area contributed by atoms with E-state index in [0.717, 1.165) is 6.54 Å². The third-order valence-corrected chi connectivity index (χ3v) is 3.55. The van der Waals surface area contributed by atoms with Gasteiger partial charge in [0, 0.05) is 25.4 Å². The third kappa shape index (κ3) is 3.20.